The lowest BCUT2D eigenvalue weighted by molar-refractivity contribution is -0.127. The van der Waals surface area contributed by atoms with Gasteiger partial charge in [-0.15, -0.1) is 0 Å². The third-order valence-electron chi connectivity index (χ3n) is 5.48. The zero-order valence-electron chi connectivity index (χ0n) is 16.8. The molecule has 1 atom stereocenters. The number of carbonyl (C=O) groups excluding carboxylic acids is 2. The molecule has 1 aliphatic carbocycles. The van der Waals surface area contributed by atoms with Gasteiger partial charge >= 0.3 is 0 Å². The molecular weight excluding hydrogens is 340 g/mol. The molecule has 2 N–H and O–H groups in total. The second kappa shape index (κ2) is 8.32. The van der Waals surface area contributed by atoms with Crippen molar-refractivity contribution in [2.24, 2.45) is 11.3 Å². The lowest BCUT2D eigenvalue weighted by Crippen LogP contribution is -2.42. The number of anilines is 1. The van der Waals surface area contributed by atoms with Crippen LogP contribution in [0.4, 0.5) is 5.69 Å². The minimum atomic E-state index is -0.451. The van der Waals surface area contributed by atoms with Crippen molar-refractivity contribution in [1.29, 1.82) is 0 Å². The maximum atomic E-state index is 12.7. The Kier molecular flexibility index (Phi) is 6.08. The van der Waals surface area contributed by atoms with Crippen LogP contribution < -0.4 is 15.4 Å². The molecular formula is C22H32N2O3. The largest absolute Gasteiger partial charge is 0.492 e. The van der Waals surface area contributed by atoms with E-state index in [2.05, 4.69) is 10.6 Å². The van der Waals surface area contributed by atoms with Gasteiger partial charge < -0.3 is 15.4 Å². The van der Waals surface area contributed by atoms with Crippen LogP contribution in [0.3, 0.4) is 0 Å². The summed E-state index contributed by atoms with van der Waals surface area (Å²) in [7, 11) is 0. The number of hydrogen-bond donors (Lipinski definition) is 2. The van der Waals surface area contributed by atoms with Crippen LogP contribution in [-0.4, -0.2) is 24.5 Å². The fourth-order valence-corrected chi connectivity index (χ4v) is 3.70. The van der Waals surface area contributed by atoms with Crippen LogP contribution in [0.1, 0.15) is 64.9 Å². The quantitative estimate of drug-likeness (QED) is 0.786. The monoisotopic (exact) mass is 372 g/mol. The summed E-state index contributed by atoms with van der Waals surface area (Å²) in [5.74, 6) is 0.704. The average Bonchev–Trinajstić information content (AvgIpc) is 2.89. The van der Waals surface area contributed by atoms with Gasteiger partial charge in [-0.3, -0.25) is 9.59 Å². The first-order valence-corrected chi connectivity index (χ1v) is 10.2. The lowest BCUT2D eigenvalue weighted by Gasteiger charge is -2.27. The van der Waals surface area contributed by atoms with Crippen LogP contribution in [0.2, 0.25) is 0 Å². The van der Waals surface area contributed by atoms with Crippen LogP contribution >= 0.6 is 0 Å². The summed E-state index contributed by atoms with van der Waals surface area (Å²) in [6.45, 7) is 6.08. The first-order valence-electron chi connectivity index (χ1n) is 10.2. The average molecular weight is 373 g/mol. The minimum absolute atomic E-state index is 0.0261. The maximum absolute atomic E-state index is 12.7. The van der Waals surface area contributed by atoms with Crippen LogP contribution in [0.25, 0.3) is 0 Å². The van der Waals surface area contributed by atoms with Crippen LogP contribution in [0.15, 0.2) is 18.2 Å². The molecule has 3 rings (SSSR count). The van der Waals surface area contributed by atoms with E-state index in [0.717, 1.165) is 29.8 Å². The second-order valence-electron chi connectivity index (χ2n) is 8.94. The highest BCUT2D eigenvalue weighted by Gasteiger charge is 2.28. The molecule has 0 radical (unpaired) electrons. The second-order valence-corrected chi connectivity index (χ2v) is 8.94. The zero-order valence-corrected chi connectivity index (χ0v) is 16.8. The van der Waals surface area contributed by atoms with E-state index in [9.17, 15) is 9.59 Å². The van der Waals surface area contributed by atoms with Gasteiger partial charge in [-0.25, -0.2) is 0 Å². The van der Waals surface area contributed by atoms with E-state index >= 15 is 0 Å². The SMILES string of the molecule is CC(C)(C)C(=O)Nc1ccc2c(c1)CC(C(=O)NC1CCCCCC1)CO2. The smallest absolute Gasteiger partial charge is 0.229 e. The van der Waals surface area contributed by atoms with Crippen molar-refractivity contribution in [3.05, 3.63) is 23.8 Å². The number of ether oxygens (including phenoxy) is 1. The van der Waals surface area contributed by atoms with Crippen molar-refractivity contribution in [1.82, 2.24) is 5.32 Å². The minimum Gasteiger partial charge on any atom is -0.492 e. The van der Waals surface area contributed by atoms with Crippen molar-refractivity contribution in [3.8, 4) is 5.75 Å². The van der Waals surface area contributed by atoms with Gasteiger partial charge in [-0.2, -0.15) is 0 Å². The summed E-state index contributed by atoms with van der Waals surface area (Å²) in [6, 6.07) is 5.98. The van der Waals surface area contributed by atoms with E-state index in [1.54, 1.807) is 0 Å². The van der Waals surface area contributed by atoms with Crippen molar-refractivity contribution >= 4 is 17.5 Å². The Balaban J connectivity index is 1.63. The molecule has 0 saturated heterocycles. The molecule has 2 aliphatic rings. The zero-order chi connectivity index (χ0) is 19.4. The summed E-state index contributed by atoms with van der Waals surface area (Å²) in [5, 5.41) is 6.19. The van der Waals surface area contributed by atoms with Gasteiger partial charge in [0.1, 0.15) is 12.4 Å². The molecule has 2 amide bonds. The molecule has 1 aromatic rings. The summed E-state index contributed by atoms with van der Waals surface area (Å²) in [5.41, 5.74) is 1.28. The number of hydrogen-bond acceptors (Lipinski definition) is 3. The number of fused-ring (bicyclic) bond motifs is 1. The topological polar surface area (TPSA) is 67.4 Å². The summed E-state index contributed by atoms with van der Waals surface area (Å²) in [6.07, 6.45) is 7.76. The highest BCUT2D eigenvalue weighted by atomic mass is 16.5. The molecule has 1 aliphatic heterocycles. The Morgan fingerprint density at radius 3 is 2.44 bits per heavy atom. The standard InChI is InChI=1S/C22H32N2O3/c1-22(2,3)21(26)24-18-10-11-19-15(13-18)12-16(14-27-19)20(25)23-17-8-6-4-5-7-9-17/h10-11,13,16-17H,4-9,12,14H2,1-3H3,(H,23,25)(H,24,26). The lowest BCUT2D eigenvalue weighted by atomic mass is 9.94. The number of amides is 2. The van der Waals surface area contributed by atoms with Gasteiger partial charge in [0, 0.05) is 17.1 Å². The molecule has 5 nitrogen and oxygen atoms in total. The third-order valence-corrected chi connectivity index (χ3v) is 5.48. The Labute approximate surface area is 162 Å². The van der Waals surface area contributed by atoms with E-state index in [0.29, 0.717) is 19.1 Å². The van der Waals surface area contributed by atoms with Crippen molar-refractivity contribution in [2.45, 2.75) is 71.8 Å². The number of carbonyl (C=O) groups is 2. The van der Waals surface area contributed by atoms with Gasteiger partial charge in [-0.05, 0) is 43.0 Å². The maximum Gasteiger partial charge on any atom is 0.229 e. The van der Waals surface area contributed by atoms with E-state index in [-0.39, 0.29) is 17.7 Å². The number of rotatable bonds is 3. The molecule has 1 heterocycles. The molecule has 1 fully saturated rings. The molecule has 148 valence electrons. The molecule has 0 aromatic heterocycles. The first kappa shape index (κ1) is 19.7. The Hall–Kier alpha value is -2.04. The first-order chi connectivity index (χ1) is 12.8. The summed E-state index contributed by atoms with van der Waals surface area (Å²) < 4.78 is 5.82. The predicted octanol–water partition coefficient (Wildman–Crippen LogP) is 4.06. The molecule has 1 aromatic carbocycles. The Morgan fingerprint density at radius 2 is 1.78 bits per heavy atom. The molecule has 5 heteroatoms. The van der Waals surface area contributed by atoms with Crippen molar-refractivity contribution in [3.63, 3.8) is 0 Å². The molecule has 0 bridgehead atoms. The van der Waals surface area contributed by atoms with Gasteiger partial charge in [0.2, 0.25) is 11.8 Å². The van der Waals surface area contributed by atoms with E-state index in [1.165, 1.54) is 25.7 Å². The molecule has 27 heavy (non-hydrogen) atoms. The summed E-state index contributed by atoms with van der Waals surface area (Å²) >= 11 is 0. The normalized spacial score (nSPS) is 20.8. The predicted molar refractivity (Wildman–Crippen MR) is 107 cm³/mol. The highest BCUT2D eigenvalue weighted by Crippen LogP contribution is 2.31. The molecule has 1 saturated carbocycles. The fourth-order valence-electron chi connectivity index (χ4n) is 3.70. The van der Waals surface area contributed by atoms with Crippen molar-refractivity contribution < 1.29 is 14.3 Å². The molecule has 0 spiro atoms. The van der Waals surface area contributed by atoms with Gasteiger partial charge in [-0.1, -0.05) is 46.5 Å². The van der Waals surface area contributed by atoms with Gasteiger partial charge in [0.15, 0.2) is 0 Å². The van der Waals surface area contributed by atoms with Gasteiger partial charge in [0.25, 0.3) is 0 Å². The third kappa shape index (κ3) is 5.24. The highest BCUT2D eigenvalue weighted by molar-refractivity contribution is 5.94. The fraction of sp³-hybridized carbons (Fsp3) is 0.636. The van der Waals surface area contributed by atoms with Crippen LogP contribution in [0.5, 0.6) is 5.75 Å². The van der Waals surface area contributed by atoms with E-state index in [1.807, 2.05) is 39.0 Å². The van der Waals surface area contributed by atoms with Gasteiger partial charge in [0.05, 0.1) is 5.92 Å². The van der Waals surface area contributed by atoms with Crippen LogP contribution in [-0.2, 0) is 16.0 Å². The van der Waals surface area contributed by atoms with E-state index < -0.39 is 5.41 Å². The molecule has 1 unspecified atom stereocenters. The number of benzene rings is 1. The van der Waals surface area contributed by atoms with Crippen molar-refractivity contribution in [2.75, 3.05) is 11.9 Å². The number of nitrogens with one attached hydrogen (secondary N) is 2. The van der Waals surface area contributed by atoms with Crippen LogP contribution in [0, 0.1) is 11.3 Å². The Bertz CT molecular complexity index is 685. The Morgan fingerprint density at radius 1 is 1.07 bits per heavy atom. The van der Waals surface area contributed by atoms with E-state index in [4.69, 9.17) is 4.74 Å². The summed E-state index contributed by atoms with van der Waals surface area (Å²) in [4.78, 5) is 24.9.